The molecule has 1 unspecified atom stereocenters. The summed E-state index contributed by atoms with van der Waals surface area (Å²) >= 11 is 12.6. The Morgan fingerprint density at radius 2 is 1.78 bits per heavy atom. The number of halogens is 2. The minimum Gasteiger partial charge on any atom is -0.507 e. The van der Waals surface area contributed by atoms with E-state index in [1.165, 1.54) is 24.1 Å². The van der Waals surface area contributed by atoms with Crippen molar-refractivity contribution in [1.29, 1.82) is 0 Å². The molecule has 2 N–H and O–H groups in total. The molecule has 2 heterocycles. The number of benzene rings is 3. The lowest BCUT2D eigenvalue weighted by Crippen LogP contribution is -2.29. The number of carbonyl (C=O) groups excluding carboxylic acids is 2. The Morgan fingerprint density at radius 3 is 2.49 bits per heavy atom. The topological polar surface area (TPSA) is 91.9 Å². The summed E-state index contributed by atoms with van der Waals surface area (Å²) in [5.74, 6) is -1.23. The van der Waals surface area contributed by atoms with E-state index in [0.29, 0.717) is 23.6 Å². The number of aliphatic hydroxyl groups excluding tert-OH is 1. The Bertz CT molecular complexity index is 1550. The first kappa shape index (κ1) is 24.7. The molecule has 1 aliphatic rings. The van der Waals surface area contributed by atoms with Crippen LogP contribution < -0.4 is 14.4 Å². The molecule has 1 aromatic heterocycles. The van der Waals surface area contributed by atoms with Crippen molar-refractivity contribution >= 4 is 57.2 Å². The first-order valence-electron chi connectivity index (χ1n) is 11.5. The van der Waals surface area contributed by atoms with Gasteiger partial charge in [-0.05, 0) is 37.3 Å². The lowest BCUT2D eigenvalue weighted by molar-refractivity contribution is -0.132. The molecule has 3 aromatic carbocycles. The number of para-hydroxylation sites is 1. The molecule has 37 heavy (non-hydrogen) atoms. The van der Waals surface area contributed by atoms with Gasteiger partial charge in [-0.25, -0.2) is 0 Å². The van der Waals surface area contributed by atoms with Crippen molar-refractivity contribution < 1.29 is 24.2 Å². The zero-order valence-electron chi connectivity index (χ0n) is 19.9. The van der Waals surface area contributed by atoms with Crippen molar-refractivity contribution in [2.75, 3.05) is 18.6 Å². The normalized spacial score (nSPS) is 17.0. The third-order valence-corrected chi connectivity index (χ3v) is 6.80. The number of Topliss-reactive ketones (excluding diaryl/α,β-unsaturated/α-hetero) is 1. The quantitative estimate of drug-likeness (QED) is 0.166. The molecule has 0 bridgehead atoms. The highest BCUT2D eigenvalue weighted by molar-refractivity contribution is 6.52. The number of ether oxygens (including phenoxy) is 2. The fourth-order valence-electron chi connectivity index (χ4n) is 4.65. The summed E-state index contributed by atoms with van der Waals surface area (Å²) < 4.78 is 10.8. The molecule has 1 fully saturated rings. The van der Waals surface area contributed by atoms with Crippen LogP contribution in [0.15, 0.2) is 72.4 Å². The number of H-pyrrole nitrogens is 1. The number of aromatic amines is 1. The van der Waals surface area contributed by atoms with Gasteiger partial charge in [-0.15, -0.1) is 0 Å². The molecule has 4 aromatic rings. The Hall–Kier alpha value is -3.94. The zero-order valence-corrected chi connectivity index (χ0v) is 21.4. The number of ketones is 1. The van der Waals surface area contributed by atoms with Gasteiger partial charge < -0.3 is 19.6 Å². The van der Waals surface area contributed by atoms with Crippen LogP contribution in [0.4, 0.5) is 5.69 Å². The first-order chi connectivity index (χ1) is 17.8. The predicted molar refractivity (Wildman–Crippen MR) is 144 cm³/mol. The fourth-order valence-corrected chi connectivity index (χ4v) is 5.29. The van der Waals surface area contributed by atoms with Crippen LogP contribution in [0.5, 0.6) is 11.5 Å². The number of anilines is 1. The van der Waals surface area contributed by atoms with Gasteiger partial charge in [0.1, 0.15) is 11.5 Å². The minimum absolute atomic E-state index is 0.0890. The maximum Gasteiger partial charge on any atom is 0.300 e. The van der Waals surface area contributed by atoms with Gasteiger partial charge in [0.2, 0.25) is 0 Å². The standard InChI is InChI=1S/C28H22Cl2N2O5/c1-3-37-17-8-6-7-16(13-17)32-24(19-14-31-22-10-5-4-9-18(19)22)23(26(34)28(32)35)25(33)15-11-20(29)27(36-2)21(30)12-15/h4-14,24,31,33H,3H2,1-2H3/b25-23+. The Morgan fingerprint density at radius 1 is 1.05 bits per heavy atom. The summed E-state index contributed by atoms with van der Waals surface area (Å²) in [4.78, 5) is 31.6. The SMILES string of the molecule is CCOc1cccc(N2C(=O)C(=O)/C(=C(/O)c3cc(Cl)c(OC)c(Cl)c3)C2c2c[nH]c3ccccc23)c1. The highest BCUT2D eigenvalue weighted by Crippen LogP contribution is 2.45. The van der Waals surface area contributed by atoms with Crippen LogP contribution in [0.3, 0.4) is 0 Å². The van der Waals surface area contributed by atoms with Gasteiger partial charge in [0, 0.05) is 40.0 Å². The first-order valence-corrected chi connectivity index (χ1v) is 12.2. The summed E-state index contributed by atoms with van der Waals surface area (Å²) in [7, 11) is 1.42. The number of nitrogens with one attached hydrogen (secondary N) is 1. The summed E-state index contributed by atoms with van der Waals surface area (Å²) in [6.45, 7) is 2.29. The highest BCUT2D eigenvalue weighted by Gasteiger charge is 2.48. The van der Waals surface area contributed by atoms with Crippen molar-refractivity contribution in [3.8, 4) is 11.5 Å². The van der Waals surface area contributed by atoms with E-state index >= 15 is 0 Å². The van der Waals surface area contributed by atoms with Crippen LogP contribution >= 0.6 is 23.2 Å². The molecule has 1 aliphatic heterocycles. The molecule has 0 spiro atoms. The summed E-state index contributed by atoms with van der Waals surface area (Å²) in [5, 5.41) is 12.6. The van der Waals surface area contributed by atoms with Gasteiger partial charge in [-0.1, -0.05) is 47.5 Å². The van der Waals surface area contributed by atoms with Gasteiger partial charge in [-0.2, -0.15) is 0 Å². The van der Waals surface area contributed by atoms with Crippen LogP contribution in [0, 0.1) is 0 Å². The number of aliphatic hydroxyl groups is 1. The summed E-state index contributed by atoms with van der Waals surface area (Å²) in [6.07, 6.45) is 1.74. The number of hydrogen-bond donors (Lipinski definition) is 2. The van der Waals surface area contributed by atoms with E-state index in [9.17, 15) is 14.7 Å². The van der Waals surface area contributed by atoms with E-state index in [1.54, 1.807) is 30.5 Å². The van der Waals surface area contributed by atoms with Gasteiger partial charge >= 0.3 is 0 Å². The van der Waals surface area contributed by atoms with Crippen molar-refractivity contribution in [2.45, 2.75) is 13.0 Å². The number of nitrogens with zero attached hydrogens (tertiary/aromatic N) is 1. The van der Waals surface area contributed by atoms with Crippen LogP contribution in [-0.2, 0) is 9.59 Å². The van der Waals surface area contributed by atoms with Crippen molar-refractivity contribution in [1.82, 2.24) is 4.98 Å². The van der Waals surface area contributed by atoms with Crippen LogP contribution in [0.1, 0.15) is 24.1 Å². The van der Waals surface area contributed by atoms with Gasteiger partial charge in [0.25, 0.3) is 11.7 Å². The number of carbonyl (C=O) groups is 2. The molecule has 7 nitrogen and oxygen atoms in total. The Kier molecular flexibility index (Phi) is 6.58. The third kappa shape index (κ3) is 4.20. The van der Waals surface area contributed by atoms with E-state index in [4.69, 9.17) is 32.7 Å². The minimum atomic E-state index is -0.937. The lowest BCUT2D eigenvalue weighted by atomic mass is 9.94. The van der Waals surface area contributed by atoms with Crippen LogP contribution in [-0.4, -0.2) is 35.5 Å². The summed E-state index contributed by atoms with van der Waals surface area (Å²) in [5.41, 5.74) is 2.01. The Labute approximate surface area is 222 Å². The number of methoxy groups -OCH3 is 1. The average molecular weight is 537 g/mol. The predicted octanol–water partition coefficient (Wildman–Crippen LogP) is 6.51. The second kappa shape index (κ2) is 9.84. The molecular weight excluding hydrogens is 515 g/mol. The van der Waals surface area contributed by atoms with Crippen molar-refractivity contribution in [3.05, 3.63) is 93.6 Å². The zero-order chi connectivity index (χ0) is 26.3. The maximum absolute atomic E-state index is 13.5. The van der Waals surface area contributed by atoms with Gasteiger partial charge in [0.15, 0.2) is 5.75 Å². The molecule has 1 saturated heterocycles. The van der Waals surface area contributed by atoms with E-state index in [1.807, 2.05) is 31.2 Å². The van der Waals surface area contributed by atoms with E-state index in [-0.39, 0.29) is 26.9 Å². The third-order valence-electron chi connectivity index (χ3n) is 6.24. The molecule has 1 amide bonds. The highest BCUT2D eigenvalue weighted by atomic mass is 35.5. The molecule has 5 rings (SSSR count). The Balaban J connectivity index is 1.76. The fraction of sp³-hybridized carbons (Fsp3) is 0.143. The second-order valence-electron chi connectivity index (χ2n) is 8.36. The molecule has 0 radical (unpaired) electrons. The number of hydrogen-bond acceptors (Lipinski definition) is 5. The van der Waals surface area contributed by atoms with Gasteiger partial charge in [-0.3, -0.25) is 14.5 Å². The molecule has 1 atom stereocenters. The smallest absolute Gasteiger partial charge is 0.300 e. The van der Waals surface area contributed by atoms with E-state index < -0.39 is 23.5 Å². The molecular formula is C28H22Cl2N2O5. The maximum atomic E-state index is 13.5. The lowest BCUT2D eigenvalue weighted by Gasteiger charge is -2.25. The summed E-state index contributed by atoms with van der Waals surface area (Å²) in [6, 6.07) is 16.4. The molecule has 0 aliphatic carbocycles. The number of rotatable bonds is 6. The monoisotopic (exact) mass is 536 g/mol. The molecule has 188 valence electrons. The van der Waals surface area contributed by atoms with Crippen molar-refractivity contribution in [3.63, 3.8) is 0 Å². The van der Waals surface area contributed by atoms with Gasteiger partial charge in [0.05, 0.1) is 35.4 Å². The average Bonchev–Trinajstić information content (AvgIpc) is 3.42. The van der Waals surface area contributed by atoms with Crippen LogP contribution in [0.2, 0.25) is 10.0 Å². The number of amides is 1. The molecule has 0 saturated carbocycles. The van der Waals surface area contributed by atoms with E-state index in [0.717, 1.165) is 10.9 Å². The number of fused-ring (bicyclic) bond motifs is 1. The number of aromatic nitrogens is 1. The second-order valence-corrected chi connectivity index (χ2v) is 9.18. The largest absolute Gasteiger partial charge is 0.507 e. The van der Waals surface area contributed by atoms with Crippen molar-refractivity contribution in [2.24, 2.45) is 0 Å². The van der Waals surface area contributed by atoms with Crippen LogP contribution in [0.25, 0.3) is 16.7 Å². The van der Waals surface area contributed by atoms with E-state index in [2.05, 4.69) is 4.98 Å². The molecule has 9 heteroatoms.